The van der Waals surface area contributed by atoms with Crippen LogP contribution in [-0.4, -0.2) is 49.0 Å². The molecular formula is C15H31NO2. The fourth-order valence-corrected chi connectivity index (χ4v) is 3.00. The van der Waals surface area contributed by atoms with Gasteiger partial charge in [-0.15, -0.1) is 0 Å². The lowest BCUT2D eigenvalue weighted by molar-refractivity contribution is -0.0442. The van der Waals surface area contributed by atoms with E-state index in [1.54, 1.807) is 0 Å². The molecule has 0 bridgehead atoms. The fraction of sp³-hybridized carbons (Fsp3) is 1.00. The maximum atomic E-state index is 10.5. The molecule has 0 amide bonds. The Bertz CT molecular complexity index is 231. The van der Waals surface area contributed by atoms with Crippen LogP contribution in [0.15, 0.2) is 0 Å². The van der Waals surface area contributed by atoms with Crippen LogP contribution < -0.4 is 0 Å². The van der Waals surface area contributed by atoms with Gasteiger partial charge in [-0.25, -0.2) is 0 Å². The van der Waals surface area contributed by atoms with E-state index in [-0.39, 0.29) is 11.5 Å². The van der Waals surface area contributed by atoms with Gasteiger partial charge in [-0.05, 0) is 37.6 Å². The Kier molecular flexibility index (Phi) is 6.61. The van der Waals surface area contributed by atoms with Gasteiger partial charge in [0.05, 0.1) is 12.7 Å². The molecule has 0 saturated heterocycles. The van der Waals surface area contributed by atoms with Crippen molar-refractivity contribution in [2.45, 2.75) is 53.1 Å². The fourth-order valence-electron chi connectivity index (χ4n) is 3.00. The van der Waals surface area contributed by atoms with Crippen LogP contribution in [0.1, 0.15) is 47.0 Å². The molecule has 18 heavy (non-hydrogen) atoms. The topological polar surface area (TPSA) is 32.7 Å². The summed E-state index contributed by atoms with van der Waals surface area (Å²) in [5, 5.41) is 10.5. The van der Waals surface area contributed by atoms with Crippen molar-refractivity contribution < 1.29 is 9.84 Å². The van der Waals surface area contributed by atoms with E-state index in [1.165, 1.54) is 6.42 Å². The summed E-state index contributed by atoms with van der Waals surface area (Å²) in [7, 11) is 0. The van der Waals surface area contributed by atoms with Gasteiger partial charge < -0.3 is 14.7 Å². The molecule has 1 saturated carbocycles. The predicted octanol–water partition coefficient (Wildman–Crippen LogP) is 2.53. The summed E-state index contributed by atoms with van der Waals surface area (Å²) >= 11 is 0. The lowest BCUT2D eigenvalue weighted by Crippen LogP contribution is -2.45. The van der Waals surface area contributed by atoms with E-state index in [4.69, 9.17) is 4.74 Å². The molecule has 0 spiro atoms. The van der Waals surface area contributed by atoms with Gasteiger partial charge in [0, 0.05) is 19.7 Å². The average Bonchev–Trinajstić information content (AvgIpc) is 2.33. The van der Waals surface area contributed by atoms with Crippen molar-refractivity contribution in [2.24, 2.45) is 11.3 Å². The number of rotatable bonds is 7. The molecule has 3 nitrogen and oxygen atoms in total. The second-order valence-electron chi connectivity index (χ2n) is 6.18. The minimum atomic E-state index is -0.160. The van der Waals surface area contributed by atoms with Gasteiger partial charge in [-0.2, -0.15) is 0 Å². The van der Waals surface area contributed by atoms with Gasteiger partial charge in [0.1, 0.15) is 0 Å². The van der Waals surface area contributed by atoms with Crippen molar-refractivity contribution in [1.29, 1.82) is 0 Å². The van der Waals surface area contributed by atoms with E-state index in [9.17, 15) is 5.11 Å². The maximum absolute atomic E-state index is 10.5. The van der Waals surface area contributed by atoms with Crippen molar-refractivity contribution in [3.8, 4) is 0 Å². The summed E-state index contributed by atoms with van der Waals surface area (Å²) in [5.41, 5.74) is 0.0856. The highest BCUT2D eigenvalue weighted by atomic mass is 16.5. The van der Waals surface area contributed by atoms with Crippen molar-refractivity contribution >= 4 is 0 Å². The first-order valence-corrected chi connectivity index (χ1v) is 7.49. The Morgan fingerprint density at radius 3 is 2.67 bits per heavy atom. The van der Waals surface area contributed by atoms with Crippen LogP contribution >= 0.6 is 0 Å². The first-order valence-electron chi connectivity index (χ1n) is 7.49. The predicted molar refractivity (Wildman–Crippen MR) is 75.7 cm³/mol. The van der Waals surface area contributed by atoms with E-state index in [0.29, 0.717) is 5.92 Å². The maximum Gasteiger partial charge on any atom is 0.0631 e. The van der Waals surface area contributed by atoms with Crippen LogP contribution in [0, 0.1) is 11.3 Å². The zero-order valence-electron chi connectivity index (χ0n) is 12.6. The molecule has 0 aliphatic heterocycles. The molecule has 2 atom stereocenters. The summed E-state index contributed by atoms with van der Waals surface area (Å²) in [5.74, 6) is 0.426. The third kappa shape index (κ3) is 4.52. The van der Waals surface area contributed by atoms with Gasteiger partial charge in [0.15, 0.2) is 0 Å². The van der Waals surface area contributed by atoms with E-state index in [0.717, 1.165) is 45.7 Å². The van der Waals surface area contributed by atoms with Crippen LogP contribution in [-0.2, 0) is 4.74 Å². The molecule has 3 heteroatoms. The molecule has 108 valence electrons. The third-order valence-electron chi connectivity index (χ3n) is 4.34. The van der Waals surface area contributed by atoms with Crippen molar-refractivity contribution in [3.05, 3.63) is 0 Å². The second-order valence-corrected chi connectivity index (χ2v) is 6.18. The number of aliphatic hydroxyl groups excluding tert-OH is 1. The largest absolute Gasteiger partial charge is 0.392 e. The highest BCUT2D eigenvalue weighted by Gasteiger charge is 2.37. The van der Waals surface area contributed by atoms with Crippen LogP contribution in [0.4, 0.5) is 0 Å². The van der Waals surface area contributed by atoms with Crippen molar-refractivity contribution in [2.75, 3.05) is 32.8 Å². The van der Waals surface area contributed by atoms with Crippen LogP contribution in [0.2, 0.25) is 0 Å². The van der Waals surface area contributed by atoms with E-state index in [2.05, 4.69) is 25.7 Å². The molecule has 1 aliphatic rings. The summed E-state index contributed by atoms with van der Waals surface area (Å²) < 4.78 is 5.42. The molecule has 1 N–H and O–H groups in total. The second kappa shape index (κ2) is 7.46. The van der Waals surface area contributed by atoms with Crippen LogP contribution in [0.3, 0.4) is 0 Å². The minimum absolute atomic E-state index is 0.0856. The monoisotopic (exact) mass is 257 g/mol. The first kappa shape index (κ1) is 15.9. The Hall–Kier alpha value is -0.120. The average molecular weight is 257 g/mol. The Morgan fingerprint density at radius 2 is 2.06 bits per heavy atom. The molecule has 0 aromatic rings. The molecule has 1 rings (SSSR count). The summed E-state index contributed by atoms with van der Waals surface area (Å²) in [6.07, 6.45) is 3.40. The van der Waals surface area contributed by atoms with E-state index in [1.807, 2.05) is 6.92 Å². The van der Waals surface area contributed by atoms with Gasteiger partial charge in [0.25, 0.3) is 0 Å². The molecule has 2 unspecified atom stereocenters. The normalized spacial score (nSPS) is 27.7. The molecule has 0 heterocycles. The van der Waals surface area contributed by atoms with Gasteiger partial charge in [0.2, 0.25) is 0 Å². The number of likely N-dealkylation sites (N-methyl/N-ethyl adjacent to an activating group) is 1. The van der Waals surface area contributed by atoms with Gasteiger partial charge in [-0.3, -0.25) is 0 Å². The number of ether oxygens (including phenoxy) is 1. The van der Waals surface area contributed by atoms with Gasteiger partial charge in [-0.1, -0.05) is 27.2 Å². The number of aliphatic hydroxyl groups is 1. The lowest BCUT2D eigenvalue weighted by atomic mass is 9.69. The Balaban J connectivity index is 2.43. The van der Waals surface area contributed by atoms with E-state index >= 15 is 0 Å². The minimum Gasteiger partial charge on any atom is -0.392 e. The first-order chi connectivity index (χ1) is 8.51. The molecule has 1 fully saturated rings. The Morgan fingerprint density at radius 1 is 1.33 bits per heavy atom. The smallest absolute Gasteiger partial charge is 0.0631 e. The quantitative estimate of drug-likeness (QED) is 0.711. The summed E-state index contributed by atoms with van der Waals surface area (Å²) in [6.45, 7) is 13.2. The highest BCUT2D eigenvalue weighted by Crippen LogP contribution is 2.39. The number of nitrogens with zero attached hydrogens (tertiary/aromatic N) is 1. The zero-order chi connectivity index (χ0) is 13.6. The standard InChI is InChI=1S/C15H31NO2/c1-5-16(10-11-18-6-2)12-13-8-7-9-15(3,4)14(13)17/h13-14,17H,5-12H2,1-4H3. The number of hydrogen-bond donors (Lipinski definition) is 1. The van der Waals surface area contributed by atoms with Gasteiger partial charge >= 0.3 is 0 Å². The molecule has 1 aliphatic carbocycles. The molecule has 0 aromatic heterocycles. The lowest BCUT2D eigenvalue weighted by Gasteiger charge is -2.42. The SMILES string of the molecule is CCOCCN(CC)CC1CCCC(C)(C)C1O. The van der Waals surface area contributed by atoms with E-state index < -0.39 is 0 Å². The summed E-state index contributed by atoms with van der Waals surface area (Å²) in [4.78, 5) is 2.41. The zero-order valence-corrected chi connectivity index (χ0v) is 12.6. The van der Waals surface area contributed by atoms with Crippen molar-refractivity contribution in [3.63, 3.8) is 0 Å². The molecule has 0 aromatic carbocycles. The van der Waals surface area contributed by atoms with Crippen molar-refractivity contribution in [1.82, 2.24) is 4.90 Å². The third-order valence-corrected chi connectivity index (χ3v) is 4.34. The molecular weight excluding hydrogens is 226 g/mol. The summed E-state index contributed by atoms with van der Waals surface area (Å²) in [6, 6.07) is 0. The molecule has 0 radical (unpaired) electrons. The highest BCUT2D eigenvalue weighted by molar-refractivity contribution is 4.89. The Labute approximate surface area is 113 Å². The number of hydrogen-bond acceptors (Lipinski definition) is 3. The van der Waals surface area contributed by atoms with Crippen LogP contribution in [0.5, 0.6) is 0 Å². The van der Waals surface area contributed by atoms with Crippen LogP contribution in [0.25, 0.3) is 0 Å².